The summed E-state index contributed by atoms with van der Waals surface area (Å²) in [4.78, 5) is 29.5. The van der Waals surface area contributed by atoms with E-state index in [0.717, 1.165) is 23.4 Å². The molecule has 9 nitrogen and oxygen atoms in total. The molecule has 0 unspecified atom stereocenters. The summed E-state index contributed by atoms with van der Waals surface area (Å²) in [6.45, 7) is 3.23. The average Bonchev–Trinajstić information content (AvgIpc) is 3.29. The molecule has 0 aliphatic heterocycles. The van der Waals surface area contributed by atoms with Crippen LogP contribution < -0.4 is 16.0 Å². The third-order valence-electron chi connectivity index (χ3n) is 6.00. The number of aromatic nitrogens is 2. The highest BCUT2D eigenvalue weighted by Crippen LogP contribution is 2.32. The van der Waals surface area contributed by atoms with Gasteiger partial charge < -0.3 is 25.4 Å². The van der Waals surface area contributed by atoms with Gasteiger partial charge in [0.05, 0.1) is 18.7 Å². The Bertz CT molecular complexity index is 1470. The summed E-state index contributed by atoms with van der Waals surface area (Å²) in [6.07, 6.45) is 5.00. The van der Waals surface area contributed by atoms with E-state index in [1.165, 1.54) is 16.7 Å². The van der Waals surface area contributed by atoms with E-state index in [9.17, 15) is 18.4 Å². The van der Waals surface area contributed by atoms with Gasteiger partial charge in [-0.3, -0.25) is 9.55 Å². The van der Waals surface area contributed by atoms with Gasteiger partial charge in [-0.25, -0.2) is 18.4 Å². The Morgan fingerprint density at radius 2 is 1.74 bits per heavy atom. The van der Waals surface area contributed by atoms with Crippen LogP contribution in [0.4, 0.5) is 29.7 Å². The molecule has 11 heteroatoms. The van der Waals surface area contributed by atoms with Crippen LogP contribution >= 0.6 is 0 Å². The number of ether oxygens (including phenoxy) is 2. The fourth-order valence-electron chi connectivity index (χ4n) is 4.08. The van der Waals surface area contributed by atoms with E-state index in [4.69, 9.17) is 9.47 Å². The molecule has 204 valence electrons. The molecule has 2 heterocycles. The van der Waals surface area contributed by atoms with Crippen molar-refractivity contribution in [3.05, 3.63) is 78.2 Å². The minimum absolute atomic E-state index is 0.0372. The van der Waals surface area contributed by atoms with Crippen LogP contribution in [0.1, 0.15) is 18.1 Å². The molecule has 4 rings (SSSR count). The van der Waals surface area contributed by atoms with Gasteiger partial charge >= 0.3 is 12.1 Å². The number of alkyl halides is 2. The standard InChI is InChI=1S/C28H29F2N5O4/c1-18-4-7-21(14-24(18)28(2,29)30)34-26(36)33-20-8-5-19(6-9-20)23-16-35(25-10-11-31-15-22(23)25)27(37)32-17-39-13-12-38-3/h4-11,14-16H,12-13,17H2,1-3H3,(H,32,37)(H2,33,34,36). The zero-order valence-corrected chi connectivity index (χ0v) is 21.8. The van der Waals surface area contributed by atoms with E-state index in [0.29, 0.717) is 30.0 Å². The minimum atomic E-state index is -3.02. The second-order valence-electron chi connectivity index (χ2n) is 8.91. The van der Waals surface area contributed by atoms with Crippen LogP contribution in [0.2, 0.25) is 0 Å². The molecule has 0 bridgehead atoms. The predicted molar refractivity (Wildman–Crippen MR) is 145 cm³/mol. The van der Waals surface area contributed by atoms with Crippen molar-refractivity contribution < 1.29 is 27.8 Å². The number of nitrogens with zero attached hydrogens (tertiary/aromatic N) is 2. The number of anilines is 2. The molecule has 0 saturated heterocycles. The molecule has 0 radical (unpaired) electrons. The molecule has 0 spiro atoms. The zero-order chi connectivity index (χ0) is 28.0. The van der Waals surface area contributed by atoms with Gasteiger partial charge in [0.15, 0.2) is 0 Å². The predicted octanol–water partition coefficient (Wildman–Crippen LogP) is 5.95. The second kappa shape index (κ2) is 12.0. The number of urea groups is 1. The molecule has 0 fully saturated rings. The number of nitrogens with one attached hydrogen (secondary N) is 3. The summed E-state index contributed by atoms with van der Waals surface area (Å²) in [5.41, 5.74) is 3.30. The van der Waals surface area contributed by atoms with Crippen molar-refractivity contribution in [2.75, 3.05) is 37.7 Å². The monoisotopic (exact) mass is 537 g/mol. The Kier molecular flexibility index (Phi) is 8.52. The van der Waals surface area contributed by atoms with Crippen LogP contribution in [-0.4, -0.2) is 48.7 Å². The fourth-order valence-corrected chi connectivity index (χ4v) is 4.08. The first kappa shape index (κ1) is 27.7. The summed E-state index contributed by atoms with van der Waals surface area (Å²) in [5, 5.41) is 8.77. The van der Waals surface area contributed by atoms with Crippen LogP contribution in [0.5, 0.6) is 0 Å². The first-order chi connectivity index (χ1) is 18.7. The van der Waals surface area contributed by atoms with Gasteiger partial charge in [-0.2, -0.15) is 0 Å². The number of carbonyl (C=O) groups is 2. The van der Waals surface area contributed by atoms with Crippen molar-refractivity contribution in [2.45, 2.75) is 19.8 Å². The number of aryl methyl sites for hydroxylation is 1. The topological polar surface area (TPSA) is 107 Å². The molecule has 0 aliphatic rings. The Hall–Kier alpha value is -4.35. The molecular weight excluding hydrogens is 508 g/mol. The normalized spacial score (nSPS) is 11.4. The van der Waals surface area contributed by atoms with Crippen LogP contribution in [0.15, 0.2) is 67.1 Å². The number of amides is 3. The lowest BCUT2D eigenvalue weighted by Gasteiger charge is -2.16. The summed E-state index contributed by atoms with van der Waals surface area (Å²) in [6, 6.07) is 12.2. The lowest BCUT2D eigenvalue weighted by atomic mass is 10.0. The Labute approximate surface area is 224 Å². The summed E-state index contributed by atoms with van der Waals surface area (Å²) < 4.78 is 39.4. The number of hydrogen-bond donors (Lipinski definition) is 3. The Morgan fingerprint density at radius 1 is 1.03 bits per heavy atom. The third kappa shape index (κ3) is 6.75. The number of methoxy groups -OCH3 is 1. The highest BCUT2D eigenvalue weighted by atomic mass is 19.3. The second-order valence-corrected chi connectivity index (χ2v) is 8.91. The zero-order valence-electron chi connectivity index (χ0n) is 21.8. The molecular formula is C28H29F2N5O4. The number of pyridine rings is 1. The van der Waals surface area contributed by atoms with Gasteiger partial charge in [-0.1, -0.05) is 18.2 Å². The van der Waals surface area contributed by atoms with Crippen LogP contribution in [-0.2, 0) is 15.4 Å². The highest BCUT2D eigenvalue weighted by molar-refractivity contribution is 6.02. The van der Waals surface area contributed by atoms with Crippen molar-refractivity contribution in [1.82, 2.24) is 14.9 Å². The summed E-state index contributed by atoms with van der Waals surface area (Å²) in [5.74, 6) is -3.02. The summed E-state index contributed by atoms with van der Waals surface area (Å²) in [7, 11) is 1.57. The van der Waals surface area contributed by atoms with Crippen molar-refractivity contribution in [3.8, 4) is 11.1 Å². The summed E-state index contributed by atoms with van der Waals surface area (Å²) >= 11 is 0. The number of halogens is 2. The van der Waals surface area contributed by atoms with E-state index in [1.54, 1.807) is 69.0 Å². The molecule has 2 aromatic carbocycles. The van der Waals surface area contributed by atoms with Crippen LogP contribution in [0.3, 0.4) is 0 Å². The van der Waals surface area contributed by atoms with Crippen LogP contribution in [0.25, 0.3) is 22.0 Å². The van der Waals surface area contributed by atoms with Crippen molar-refractivity contribution in [1.29, 1.82) is 0 Å². The highest BCUT2D eigenvalue weighted by Gasteiger charge is 2.26. The molecule has 2 aromatic heterocycles. The number of fused-ring (bicyclic) bond motifs is 1. The number of carbonyl (C=O) groups excluding carboxylic acids is 2. The molecule has 39 heavy (non-hydrogen) atoms. The third-order valence-corrected chi connectivity index (χ3v) is 6.00. The Morgan fingerprint density at radius 3 is 2.46 bits per heavy atom. The van der Waals surface area contributed by atoms with Crippen molar-refractivity contribution >= 4 is 34.3 Å². The van der Waals surface area contributed by atoms with Crippen LogP contribution in [0, 0.1) is 6.92 Å². The van der Waals surface area contributed by atoms with Gasteiger partial charge in [0.1, 0.15) is 6.73 Å². The Balaban J connectivity index is 1.46. The van der Waals surface area contributed by atoms with Crippen molar-refractivity contribution in [3.63, 3.8) is 0 Å². The van der Waals surface area contributed by atoms with E-state index in [-0.39, 0.29) is 24.0 Å². The SMILES string of the molecule is COCCOCNC(=O)n1cc(-c2ccc(NC(=O)Nc3ccc(C)c(C(C)(F)F)c3)cc2)c2cnccc21. The van der Waals surface area contributed by atoms with Gasteiger partial charge in [0.2, 0.25) is 0 Å². The fraction of sp³-hybridized carbons (Fsp3) is 0.250. The molecule has 3 N–H and O–H groups in total. The molecule has 0 atom stereocenters. The molecule has 3 amide bonds. The lowest BCUT2D eigenvalue weighted by molar-refractivity contribution is 0.0169. The van der Waals surface area contributed by atoms with Gasteiger partial charge in [-0.05, 0) is 48.4 Å². The van der Waals surface area contributed by atoms with Gasteiger partial charge in [-0.15, -0.1) is 0 Å². The largest absolute Gasteiger partial charge is 0.382 e. The van der Waals surface area contributed by atoms with Crippen molar-refractivity contribution in [2.24, 2.45) is 0 Å². The number of hydrogen-bond acceptors (Lipinski definition) is 5. The first-order valence-electron chi connectivity index (χ1n) is 12.1. The number of benzene rings is 2. The maximum atomic E-state index is 13.8. The smallest absolute Gasteiger partial charge is 0.327 e. The molecule has 0 saturated carbocycles. The van der Waals surface area contributed by atoms with Gasteiger partial charge in [0.25, 0.3) is 5.92 Å². The minimum Gasteiger partial charge on any atom is -0.382 e. The quantitative estimate of drug-likeness (QED) is 0.181. The van der Waals surface area contributed by atoms with Gasteiger partial charge in [0, 0.05) is 60.5 Å². The maximum Gasteiger partial charge on any atom is 0.327 e. The number of rotatable bonds is 9. The van der Waals surface area contributed by atoms with E-state index in [1.807, 2.05) is 0 Å². The van der Waals surface area contributed by atoms with E-state index in [2.05, 4.69) is 20.9 Å². The van der Waals surface area contributed by atoms with E-state index >= 15 is 0 Å². The molecule has 4 aromatic rings. The maximum absolute atomic E-state index is 13.8. The first-order valence-corrected chi connectivity index (χ1v) is 12.1. The van der Waals surface area contributed by atoms with E-state index < -0.39 is 12.0 Å². The molecule has 0 aliphatic carbocycles. The average molecular weight is 538 g/mol. The lowest BCUT2D eigenvalue weighted by Crippen LogP contribution is -2.30.